The SMILES string of the molecule is COCCOc1ccc(C(C)NC(=O)C(C)C2CNC2)cc1OC. The van der Waals surface area contributed by atoms with Gasteiger partial charge in [-0.25, -0.2) is 0 Å². The summed E-state index contributed by atoms with van der Waals surface area (Å²) in [4.78, 5) is 12.3. The van der Waals surface area contributed by atoms with Crippen molar-refractivity contribution in [1.82, 2.24) is 10.6 Å². The standard InChI is InChI=1S/C18H28N2O4/c1-12(15-10-19-11-15)18(21)20-13(2)14-5-6-16(17(9-14)23-4)24-8-7-22-3/h5-6,9,12-13,15,19H,7-8,10-11H2,1-4H3,(H,20,21). The van der Waals surface area contributed by atoms with Crippen molar-refractivity contribution in [1.29, 1.82) is 0 Å². The zero-order valence-electron chi connectivity index (χ0n) is 14.9. The van der Waals surface area contributed by atoms with Gasteiger partial charge < -0.3 is 24.8 Å². The van der Waals surface area contributed by atoms with Crippen molar-refractivity contribution in [3.63, 3.8) is 0 Å². The molecule has 0 spiro atoms. The lowest BCUT2D eigenvalue weighted by molar-refractivity contribution is -0.127. The third-order valence-electron chi connectivity index (χ3n) is 4.53. The van der Waals surface area contributed by atoms with Gasteiger partial charge in [-0.3, -0.25) is 4.79 Å². The van der Waals surface area contributed by atoms with Crippen molar-refractivity contribution >= 4 is 5.91 Å². The molecular formula is C18H28N2O4. The zero-order valence-corrected chi connectivity index (χ0v) is 14.9. The van der Waals surface area contributed by atoms with Crippen LogP contribution >= 0.6 is 0 Å². The monoisotopic (exact) mass is 336 g/mol. The van der Waals surface area contributed by atoms with E-state index in [1.54, 1.807) is 14.2 Å². The Bertz CT molecular complexity index is 546. The summed E-state index contributed by atoms with van der Waals surface area (Å²) in [6.07, 6.45) is 0. The molecule has 1 aromatic carbocycles. The number of carbonyl (C=O) groups excluding carboxylic acids is 1. The first kappa shape index (κ1) is 18.5. The molecule has 6 heteroatoms. The van der Waals surface area contributed by atoms with Crippen molar-refractivity contribution in [3.8, 4) is 11.5 Å². The molecule has 6 nitrogen and oxygen atoms in total. The quantitative estimate of drug-likeness (QED) is 0.673. The lowest BCUT2D eigenvalue weighted by atomic mass is 9.88. The van der Waals surface area contributed by atoms with Crippen LogP contribution < -0.4 is 20.1 Å². The highest BCUT2D eigenvalue weighted by Crippen LogP contribution is 2.30. The predicted molar refractivity (Wildman–Crippen MR) is 92.4 cm³/mol. The third-order valence-corrected chi connectivity index (χ3v) is 4.53. The fourth-order valence-electron chi connectivity index (χ4n) is 2.61. The van der Waals surface area contributed by atoms with E-state index in [1.807, 2.05) is 32.0 Å². The van der Waals surface area contributed by atoms with Crippen LogP contribution in [0.15, 0.2) is 18.2 Å². The first-order chi connectivity index (χ1) is 11.6. The first-order valence-electron chi connectivity index (χ1n) is 8.37. The molecule has 0 aromatic heterocycles. The normalized spacial score (nSPS) is 16.8. The van der Waals surface area contributed by atoms with E-state index in [1.165, 1.54) is 0 Å². The number of ether oxygens (including phenoxy) is 3. The molecule has 0 aliphatic carbocycles. The van der Waals surface area contributed by atoms with Crippen molar-refractivity contribution in [2.24, 2.45) is 11.8 Å². The van der Waals surface area contributed by atoms with Gasteiger partial charge in [0.15, 0.2) is 11.5 Å². The van der Waals surface area contributed by atoms with Crippen LogP contribution in [0.2, 0.25) is 0 Å². The van der Waals surface area contributed by atoms with Crippen molar-refractivity contribution in [3.05, 3.63) is 23.8 Å². The minimum absolute atomic E-state index is 0.0206. The van der Waals surface area contributed by atoms with Gasteiger partial charge in [-0.15, -0.1) is 0 Å². The van der Waals surface area contributed by atoms with E-state index in [0.29, 0.717) is 30.6 Å². The molecule has 0 saturated carbocycles. The lowest BCUT2D eigenvalue weighted by Crippen LogP contribution is -2.49. The minimum atomic E-state index is -0.0880. The Kier molecular flexibility index (Phi) is 6.87. The molecule has 1 saturated heterocycles. The van der Waals surface area contributed by atoms with Gasteiger partial charge in [-0.2, -0.15) is 0 Å². The summed E-state index contributed by atoms with van der Waals surface area (Å²) in [6.45, 7) is 6.79. The van der Waals surface area contributed by atoms with Crippen LogP contribution in [0.3, 0.4) is 0 Å². The Balaban J connectivity index is 1.97. The van der Waals surface area contributed by atoms with Crippen LogP contribution in [0, 0.1) is 11.8 Å². The molecule has 2 atom stereocenters. The average molecular weight is 336 g/mol. The Hall–Kier alpha value is -1.79. The summed E-state index contributed by atoms with van der Waals surface area (Å²) in [6, 6.07) is 5.63. The average Bonchev–Trinajstić information content (AvgIpc) is 2.53. The maximum absolute atomic E-state index is 12.3. The van der Waals surface area contributed by atoms with Crippen LogP contribution in [0.25, 0.3) is 0 Å². The van der Waals surface area contributed by atoms with Gasteiger partial charge in [0.25, 0.3) is 0 Å². The summed E-state index contributed by atoms with van der Waals surface area (Å²) < 4.78 is 16.0. The van der Waals surface area contributed by atoms with E-state index in [-0.39, 0.29) is 17.9 Å². The molecule has 1 amide bonds. The fraction of sp³-hybridized carbons (Fsp3) is 0.611. The fourth-order valence-corrected chi connectivity index (χ4v) is 2.61. The van der Waals surface area contributed by atoms with Crippen LogP contribution in [0.4, 0.5) is 0 Å². The van der Waals surface area contributed by atoms with Gasteiger partial charge >= 0.3 is 0 Å². The third kappa shape index (κ3) is 4.61. The molecule has 2 N–H and O–H groups in total. The number of hydrogen-bond donors (Lipinski definition) is 2. The summed E-state index contributed by atoms with van der Waals surface area (Å²) >= 11 is 0. The highest BCUT2D eigenvalue weighted by atomic mass is 16.5. The molecule has 0 radical (unpaired) electrons. The number of amides is 1. The molecule has 2 rings (SSSR count). The number of rotatable bonds is 9. The van der Waals surface area contributed by atoms with Crippen LogP contribution in [0.5, 0.6) is 11.5 Å². The maximum atomic E-state index is 12.3. The number of methoxy groups -OCH3 is 2. The molecule has 1 heterocycles. The number of carbonyl (C=O) groups is 1. The Morgan fingerprint density at radius 1 is 1.25 bits per heavy atom. The Labute approximate surface area is 143 Å². The molecule has 1 aliphatic rings. The van der Waals surface area contributed by atoms with Crippen LogP contribution in [0.1, 0.15) is 25.5 Å². The van der Waals surface area contributed by atoms with E-state index in [2.05, 4.69) is 10.6 Å². The van der Waals surface area contributed by atoms with E-state index >= 15 is 0 Å². The summed E-state index contributed by atoms with van der Waals surface area (Å²) in [7, 11) is 3.24. The highest BCUT2D eigenvalue weighted by Gasteiger charge is 2.29. The van der Waals surface area contributed by atoms with E-state index in [4.69, 9.17) is 14.2 Å². The van der Waals surface area contributed by atoms with Gasteiger partial charge in [-0.1, -0.05) is 13.0 Å². The number of hydrogen-bond acceptors (Lipinski definition) is 5. The summed E-state index contributed by atoms with van der Waals surface area (Å²) in [5.41, 5.74) is 0.984. The molecular weight excluding hydrogens is 308 g/mol. The van der Waals surface area contributed by atoms with Crippen LogP contribution in [-0.2, 0) is 9.53 Å². The lowest BCUT2D eigenvalue weighted by Gasteiger charge is -2.32. The zero-order chi connectivity index (χ0) is 17.5. The smallest absolute Gasteiger partial charge is 0.223 e. The van der Waals surface area contributed by atoms with Gasteiger partial charge in [0.2, 0.25) is 5.91 Å². The molecule has 134 valence electrons. The maximum Gasteiger partial charge on any atom is 0.223 e. The molecule has 1 aliphatic heterocycles. The summed E-state index contributed by atoms with van der Waals surface area (Å²) in [5, 5.41) is 6.29. The number of nitrogens with one attached hydrogen (secondary N) is 2. The Morgan fingerprint density at radius 3 is 2.58 bits per heavy atom. The molecule has 0 bridgehead atoms. The van der Waals surface area contributed by atoms with Gasteiger partial charge in [0.05, 0.1) is 19.8 Å². The topological polar surface area (TPSA) is 68.8 Å². The molecule has 2 unspecified atom stereocenters. The van der Waals surface area contributed by atoms with Gasteiger partial charge in [0.1, 0.15) is 6.61 Å². The van der Waals surface area contributed by atoms with Crippen molar-refractivity contribution in [2.75, 3.05) is 40.5 Å². The second-order valence-electron chi connectivity index (χ2n) is 6.19. The molecule has 1 fully saturated rings. The minimum Gasteiger partial charge on any atom is -0.493 e. The van der Waals surface area contributed by atoms with Crippen LogP contribution in [-0.4, -0.2) is 46.4 Å². The summed E-state index contributed by atoms with van der Waals surface area (Å²) in [5.74, 6) is 1.87. The Morgan fingerprint density at radius 2 is 2.00 bits per heavy atom. The highest BCUT2D eigenvalue weighted by molar-refractivity contribution is 5.79. The predicted octanol–water partition coefficient (Wildman–Crippen LogP) is 1.75. The van der Waals surface area contributed by atoms with E-state index in [0.717, 1.165) is 18.7 Å². The van der Waals surface area contributed by atoms with E-state index < -0.39 is 0 Å². The van der Waals surface area contributed by atoms with Gasteiger partial charge in [-0.05, 0) is 43.6 Å². The largest absolute Gasteiger partial charge is 0.493 e. The molecule has 24 heavy (non-hydrogen) atoms. The van der Waals surface area contributed by atoms with Crippen molar-refractivity contribution in [2.45, 2.75) is 19.9 Å². The van der Waals surface area contributed by atoms with Gasteiger partial charge in [0, 0.05) is 13.0 Å². The second kappa shape index (κ2) is 8.89. The number of benzene rings is 1. The van der Waals surface area contributed by atoms with Crippen molar-refractivity contribution < 1.29 is 19.0 Å². The second-order valence-corrected chi connectivity index (χ2v) is 6.19. The molecule has 1 aromatic rings. The first-order valence-corrected chi connectivity index (χ1v) is 8.37. The van der Waals surface area contributed by atoms with E-state index in [9.17, 15) is 4.79 Å².